The number of piperazine rings is 1. The first-order valence-corrected chi connectivity index (χ1v) is 21.8. The number of carbonyl (C=O) groups excluding carboxylic acids is 3. The average molecular weight is 815 g/mol. The first-order chi connectivity index (χ1) is 29.2. The van der Waals surface area contributed by atoms with Crippen molar-refractivity contribution < 1.29 is 14.4 Å². The Bertz CT molecular complexity index is 2320. The lowest BCUT2D eigenvalue weighted by atomic mass is 9.89. The maximum Gasteiger partial charge on any atom is 0.318 e. The first kappa shape index (κ1) is 41.0. The molecule has 2 aromatic carbocycles. The number of hydrogen-bond donors (Lipinski definition) is 4. The van der Waals surface area contributed by atoms with Crippen molar-refractivity contribution in [3.8, 4) is 0 Å². The highest BCUT2D eigenvalue weighted by molar-refractivity contribution is 5.92. The molecule has 3 aliphatic rings. The van der Waals surface area contributed by atoms with E-state index in [1.807, 2.05) is 66.4 Å². The Morgan fingerprint density at radius 1 is 0.833 bits per heavy atom. The molecule has 5 aromatic rings. The number of pyridine rings is 2. The van der Waals surface area contributed by atoms with E-state index < -0.39 is 12.1 Å². The number of carbonyl (C=O) groups is 3. The Hall–Kier alpha value is -5.76. The van der Waals surface area contributed by atoms with E-state index in [0.717, 1.165) is 83.1 Å². The number of aromatic nitrogens is 4. The molecule has 0 bridgehead atoms. The number of nitrogens with zero attached hydrogens (tertiary/aromatic N) is 6. The van der Waals surface area contributed by atoms with Gasteiger partial charge in [0.05, 0.1) is 11.7 Å². The van der Waals surface area contributed by atoms with E-state index in [-0.39, 0.29) is 35.7 Å². The number of anilines is 1. The standard InChI is InChI=1S/C46H58N10O4/c1-3-16-53-17-10-32(11-18-53)27-41(45(59)55-23-21-54(22-24-55)37-8-14-47-15-9-37)50-44(58)40(28-33-25-31(2)42-36(26-33)30-48-52-42)51-46(60)56-19-12-34(13-20-56)38-29-35-6-4-5-7-39(35)49-43(38)57/h4-9,14-15,25-26,29-30,32,34,40-41H,3,10-13,16-24,27-28H2,1-2H3,(H,48,52)(H,49,57)(H,50,58)(H,51,60)/t40?,41-/m0/s1. The molecule has 0 saturated carbocycles. The van der Waals surface area contributed by atoms with Gasteiger partial charge in [0.2, 0.25) is 11.8 Å². The van der Waals surface area contributed by atoms with Gasteiger partial charge in [0.1, 0.15) is 12.1 Å². The molecule has 4 amide bonds. The quantitative estimate of drug-likeness (QED) is 0.138. The zero-order valence-corrected chi connectivity index (χ0v) is 34.9. The molecule has 3 aromatic heterocycles. The van der Waals surface area contributed by atoms with Crippen molar-refractivity contribution in [2.75, 3.05) is 63.8 Å². The van der Waals surface area contributed by atoms with Crippen molar-refractivity contribution in [3.05, 3.63) is 100 Å². The smallest absolute Gasteiger partial charge is 0.318 e. The Balaban J connectivity index is 0.989. The largest absolute Gasteiger partial charge is 0.368 e. The van der Waals surface area contributed by atoms with Gasteiger partial charge in [0.25, 0.3) is 5.56 Å². The first-order valence-electron chi connectivity index (χ1n) is 21.8. The summed E-state index contributed by atoms with van der Waals surface area (Å²) in [6.07, 6.45) is 10.4. The van der Waals surface area contributed by atoms with Gasteiger partial charge < -0.3 is 35.2 Å². The van der Waals surface area contributed by atoms with Gasteiger partial charge >= 0.3 is 6.03 Å². The number of fused-ring (bicyclic) bond motifs is 2. The molecule has 1 unspecified atom stereocenters. The average Bonchev–Trinajstić information content (AvgIpc) is 3.76. The predicted molar refractivity (Wildman–Crippen MR) is 234 cm³/mol. The molecule has 3 saturated heterocycles. The van der Waals surface area contributed by atoms with Crippen molar-refractivity contribution in [2.45, 2.75) is 76.8 Å². The van der Waals surface area contributed by atoms with Crippen LogP contribution in [0.5, 0.6) is 0 Å². The summed E-state index contributed by atoms with van der Waals surface area (Å²) >= 11 is 0. The Kier molecular flexibility index (Phi) is 12.7. The van der Waals surface area contributed by atoms with Crippen LogP contribution in [0.15, 0.2) is 78.0 Å². The normalized spacial score (nSPS) is 18.1. The van der Waals surface area contributed by atoms with Crippen molar-refractivity contribution in [1.82, 2.24) is 45.5 Å². The summed E-state index contributed by atoms with van der Waals surface area (Å²) in [4.78, 5) is 71.9. The van der Waals surface area contributed by atoms with Gasteiger partial charge in [-0.25, -0.2) is 4.79 Å². The van der Waals surface area contributed by atoms with Crippen LogP contribution in [-0.4, -0.2) is 124 Å². The highest BCUT2D eigenvalue weighted by atomic mass is 16.2. The Morgan fingerprint density at radius 3 is 2.33 bits per heavy atom. The number of urea groups is 1. The van der Waals surface area contributed by atoms with E-state index in [9.17, 15) is 19.2 Å². The molecule has 6 heterocycles. The topological polar surface area (TPSA) is 163 Å². The molecule has 0 spiro atoms. The van der Waals surface area contributed by atoms with Crippen molar-refractivity contribution in [2.24, 2.45) is 5.92 Å². The number of rotatable bonds is 12. The van der Waals surface area contributed by atoms with E-state index in [2.05, 4.69) is 47.5 Å². The summed E-state index contributed by atoms with van der Waals surface area (Å²) in [6.45, 7) is 10.6. The van der Waals surface area contributed by atoms with E-state index in [0.29, 0.717) is 64.4 Å². The van der Waals surface area contributed by atoms with Gasteiger partial charge in [-0.1, -0.05) is 31.2 Å². The summed E-state index contributed by atoms with van der Waals surface area (Å²) < 4.78 is 0. The van der Waals surface area contributed by atoms with Crippen LogP contribution in [-0.2, 0) is 16.0 Å². The van der Waals surface area contributed by atoms with Crippen molar-refractivity contribution in [1.29, 1.82) is 0 Å². The SMILES string of the molecule is CCCN1CCC(C[C@H](NC(=O)C(Cc2cc(C)c3[nH]ncc3c2)NC(=O)N2CCC(c3cc4ccccc4[nH]c3=O)CC2)C(=O)N2CCN(c3ccncc3)CC2)CC1. The van der Waals surface area contributed by atoms with E-state index in [4.69, 9.17) is 0 Å². The molecule has 0 aliphatic carbocycles. The van der Waals surface area contributed by atoms with Gasteiger partial charge in [-0.05, 0) is 124 Å². The van der Waals surface area contributed by atoms with Gasteiger partial charge in [-0.15, -0.1) is 0 Å². The third kappa shape index (κ3) is 9.49. The molecule has 60 heavy (non-hydrogen) atoms. The van der Waals surface area contributed by atoms with Crippen LogP contribution in [0.4, 0.5) is 10.5 Å². The maximum absolute atomic E-state index is 14.7. The molecule has 8 rings (SSSR count). The number of aryl methyl sites for hydroxylation is 1. The lowest BCUT2D eigenvalue weighted by molar-refractivity contribution is -0.137. The highest BCUT2D eigenvalue weighted by Gasteiger charge is 2.35. The minimum absolute atomic E-state index is 0.0124. The van der Waals surface area contributed by atoms with Gasteiger partial charge in [0, 0.05) is 80.2 Å². The molecule has 0 radical (unpaired) electrons. The molecule has 316 valence electrons. The Labute approximate surface area is 351 Å². The van der Waals surface area contributed by atoms with Crippen LogP contribution in [0.2, 0.25) is 0 Å². The van der Waals surface area contributed by atoms with E-state index >= 15 is 0 Å². The number of benzene rings is 2. The second-order valence-electron chi connectivity index (χ2n) is 17.0. The third-order valence-electron chi connectivity index (χ3n) is 12.9. The summed E-state index contributed by atoms with van der Waals surface area (Å²) in [7, 11) is 0. The molecular formula is C46H58N10O4. The molecule has 14 heteroatoms. The number of nitrogens with one attached hydrogen (secondary N) is 4. The molecule has 14 nitrogen and oxygen atoms in total. The van der Waals surface area contributed by atoms with Crippen LogP contribution in [0.1, 0.15) is 68.1 Å². The summed E-state index contributed by atoms with van der Waals surface area (Å²) in [5, 5.41) is 15.5. The molecule has 4 N–H and O–H groups in total. The molecule has 2 atom stereocenters. The fourth-order valence-corrected chi connectivity index (χ4v) is 9.53. The number of aromatic amines is 2. The van der Waals surface area contributed by atoms with Gasteiger partial charge in [0.15, 0.2) is 0 Å². The summed E-state index contributed by atoms with van der Waals surface area (Å²) in [6, 6.07) is 15.7. The molecular weight excluding hydrogens is 757 g/mol. The predicted octanol–water partition coefficient (Wildman–Crippen LogP) is 4.95. The zero-order valence-electron chi connectivity index (χ0n) is 34.9. The monoisotopic (exact) mass is 814 g/mol. The van der Waals surface area contributed by atoms with Gasteiger partial charge in [-0.3, -0.25) is 24.5 Å². The number of hydrogen-bond acceptors (Lipinski definition) is 8. The zero-order chi connectivity index (χ0) is 41.6. The minimum atomic E-state index is -0.937. The minimum Gasteiger partial charge on any atom is -0.368 e. The van der Waals surface area contributed by atoms with E-state index in [1.54, 1.807) is 23.5 Å². The fourth-order valence-electron chi connectivity index (χ4n) is 9.53. The number of likely N-dealkylation sites (tertiary alicyclic amines) is 2. The van der Waals surface area contributed by atoms with Crippen LogP contribution in [0, 0.1) is 12.8 Å². The number of H-pyrrole nitrogens is 2. The Morgan fingerprint density at radius 2 is 1.58 bits per heavy atom. The number of para-hydroxylation sites is 1. The fraction of sp³-hybridized carbons (Fsp3) is 0.478. The third-order valence-corrected chi connectivity index (χ3v) is 12.9. The summed E-state index contributed by atoms with van der Waals surface area (Å²) in [5.41, 5.74) is 5.33. The molecule has 3 aliphatic heterocycles. The highest BCUT2D eigenvalue weighted by Crippen LogP contribution is 2.28. The van der Waals surface area contributed by atoms with E-state index in [1.165, 1.54) is 0 Å². The van der Waals surface area contributed by atoms with Crippen LogP contribution in [0.25, 0.3) is 21.8 Å². The van der Waals surface area contributed by atoms with Crippen LogP contribution >= 0.6 is 0 Å². The number of piperidine rings is 2. The molecule has 3 fully saturated rings. The van der Waals surface area contributed by atoms with Crippen molar-refractivity contribution >= 4 is 45.3 Å². The lowest BCUT2D eigenvalue weighted by Crippen LogP contribution is -2.59. The number of amides is 4. The second-order valence-corrected chi connectivity index (χ2v) is 17.0. The second kappa shape index (κ2) is 18.7. The lowest BCUT2D eigenvalue weighted by Gasteiger charge is -2.39. The van der Waals surface area contributed by atoms with Crippen LogP contribution < -0.4 is 21.1 Å². The summed E-state index contributed by atoms with van der Waals surface area (Å²) in [5.74, 6) is -0.137. The van der Waals surface area contributed by atoms with Crippen LogP contribution in [0.3, 0.4) is 0 Å². The van der Waals surface area contributed by atoms with Crippen molar-refractivity contribution in [3.63, 3.8) is 0 Å². The van der Waals surface area contributed by atoms with Gasteiger partial charge in [-0.2, -0.15) is 5.10 Å². The maximum atomic E-state index is 14.7.